The highest BCUT2D eigenvalue weighted by Gasteiger charge is 2.26. The van der Waals surface area contributed by atoms with Crippen LogP contribution >= 0.6 is 0 Å². The van der Waals surface area contributed by atoms with E-state index in [0.29, 0.717) is 11.6 Å². The van der Waals surface area contributed by atoms with Crippen LogP contribution in [0.5, 0.6) is 11.5 Å². The van der Waals surface area contributed by atoms with Crippen LogP contribution in [0.2, 0.25) is 0 Å². The molecule has 0 saturated heterocycles. The Labute approximate surface area is 115 Å². The predicted molar refractivity (Wildman–Crippen MR) is 77.3 cm³/mol. The van der Waals surface area contributed by atoms with Crippen LogP contribution in [0.15, 0.2) is 18.2 Å². The number of hydrogen-bond acceptors (Lipinski definition) is 3. The second-order valence-corrected chi connectivity index (χ2v) is 6.06. The first-order valence-corrected chi connectivity index (χ1v) is 7.26. The fourth-order valence-corrected chi connectivity index (χ4v) is 3.12. The maximum atomic E-state index is 9.89. The number of aromatic hydroxyl groups is 2. The van der Waals surface area contributed by atoms with Crippen LogP contribution in [0.1, 0.15) is 51.6 Å². The predicted octanol–water partition coefficient (Wildman–Crippen LogP) is 3.57. The Hall–Kier alpha value is -1.22. The van der Waals surface area contributed by atoms with Crippen LogP contribution in [0, 0.1) is 11.8 Å². The Bertz CT molecular complexity index is 413. The van der Waals surface area contributed by atoms with Gasteiger partial charge < -0.3 is 15.5 Å². The van der Waals surface area contributed by atoms with E-state index >= 15 is 0 Å². The first kappa shape index (κ1) is 14.2. The van der Waals surface area contributed by atoms with Gasteiger partial charge in [-0.3, -0.25) is 0 Å². The smallest absolute Gasteiger partial charge is 0.124 e. The molecule has 3 heteroatoms. The number of benzene rings is 1. The molecule has 0 bridgehead atoms. The Kier molecular flexibility index (Phi) is 4.35. The largest absolute Gasteiger partial charge is 0.507 e. The van der Waals surface area contributed by atoms with Crippen LogP contribution in [0.3, 0.4) is 0 Å². The number of phenols is 2. The molecule has 0 aromatic heterocycles. The molecule has 3 nitrogen and oxygen atoms in total. The van der Waals surface area contributed by atoms with E-state index in [9.17, 15) is 10.2 Å². The van der Waals surface area contributed by atoms with E-state index in [1.165, 1.54) is 19.3 Å². The number of hydrogen-bond donors (Lipinski definition) is 3. The van der Waals surface area contributed by atoms with Gasteiger partial charge in [0.1, 0.15) is 11.5 Å². The number of phenolic OH excluding ortho intramolecular Hbond substituents is 2. The minimum atomic E-state index is -0.0354. The SMILES string of the molecule is CC(NC1CCC(C)C(C)C1)c1c(O)cccc1O. The zero-order chi connectivity index (χ0) is 14.0. The standard InChI is InChI=1S/C16H25NO2/c1-10-7-8-13(9-11(10)2)17-12(3)16-14(18)5-4-6-15(16)19/h4-6,10-13,17-19H,7-9H2,1-3H3. The summed E-state index contributed by atoms with van der Waals surface area (Å²) >= 11 is 0. The summed E-state index contributed by atoms with van der Waals surface area (Å²) in [5, 5.41) is 23.3. The Balaban J connectivity index is 2.03. The van der Waals surface area contributed by atoms with Crippen LogP contribution in [0.4, 0.5) is 0 Å². The van der Waals surface area contributed by atoms with Gasteiger partial charge in [0.25, 0.3) is 0 Å². The molecule has 1 saturated carbocycles. The quantitative estimate of drug-likeness (QED) is 0.781. The van der Waals surface area contributed by atoms with Gasteiger partial charge in [-0.25, -0.2) is 0 Å². The monoisotopic (exact) mass is 263 g/mol. The van der Waals surface area contributed by atoms with Gasteiger partial charge in [-0.05, 0) is 50.2 Å². The molecule has 3 N–H and O–H groups in total. The van der Waals surface area contributed by atoms with Gasteiger partial charge in [0.2, 0.25) is 0 Å². The van der Waals surface area contributed by atoms with Crippen LogP contribution < -0.4 is 5.32 Å². The van der Waals surface area contributed by atoms with Crippen molar-refractivity contribution in [3.8, 4) is 11.5 Å². The highest BCUT2D eigenvalue weighted by Crippen LogP contribution is 2.35. The van der Waals surface area contributed by atoms with E-state index in [1.54, 1.807) is 18.2 Å². The van der Waals surface area contributed by atoms with Crippen LogP contribution in [-0.4, -0.2) is 16.3 Å². The van der Waals surface area contributed by atoms with Crippen LogP contribution in [0.25, 0.3) is 0 Å². The van der Waals surface area contributed by atoms with E-state index in [2.05, 4.69) is 19.2 Å². The van der Waals surface area contributed by atoms with Crippen molar-refractivity contribution in [1.82, 2.24) is 5.32 Å². The molecule has 4 unspecified atom stereocenters. The second kappa shape index (κ2) is 5.83. The third-order valence-electron chi connectivity index (χ3n) is 4.58. The number of rotatable bonds is 3. The molecule has 0 amide bonds. The minimum absolute atomic E-state index is 0.0354. The zero-order valence-corrected chi connectivity index (χ0v) is 12.1. The highest BCUT2D eigenvalue weighted by atomic mass is 16.3. The van der Waals surface area contributed by atoms with E-state index in [0.717, 1.165) is 11.8 Å². The maximum absolute atomic E-state index is 9.89. The summed E-state index contributed by atoms with van der Waals surface area (Å²) in [7, 11) is 0. The van der Waals surface area contributed by atoms with Crippen molar-refractivity contribution in [3.63, 3.8) is 0 Å². The van der Waals surface area contributed by atoms with E-state index in [1.807, 2.05) is 6.92 Å². The molecule has 1 aliphatic carbocycles. The lowest BCUT2D eigenvalue weighted by Gasteiger charge is -2.34. The zero-order valence-electron chi connectivity index (χ0n) is 12.1. The van der Waals surface area contributed by atoms with Gasteiger partial charge in [0.15, 0.2) is 0 Å². The summed E-state index contributed by atoms with van der Waals surface area (Å²) in [6, 6.07) is 5.34. The van der Waals surface area contributed by atoms with Crippen molar-refractivity contribution in [2.45, 2.75) is 52.1 Å². The summed E-state index contributed by atoms with van der Waals surface area (Å²) in [5.41, 5.74) is 0.605. The van der Waals surface area contributed by atoms with Crippen LogP contribution in [-0.2, 0) is 0 Å². The van der Waals surface area contributed by atoms with E-state index in [4.69, 9.17) is 0 Å². The molecule has 1 fully saturated rings. The third-order valence-corrected chi connectivity index (χ3v) is 4.58. The minimum Gasteiger partial charge on any atom is -0.507 e. The van der Waals surface area contributed by atoms with Crippen molar-refractivity contribution >= 4 is 0 Å². The molecule has 1 aromatic carbocycles. The summed E-state index contributed by atoms with van der Waals surface area (Å²) in [6.45, 7) is 6.62. The van der Waals surface area contributed by atoms with Crippen molar-refractivity contribution in [1.29, 1.82) is 0 Å². The molecule has 1 aliphatic rings. The van der Waals surface area contributed by atoms with Gasteiger partial charge in [-0.1, -0.05) is 19.9 Å². The van der Waals surface area contributed by atoms with E-state index < -0.39 is 0 Å². The molecule has 4 atom stereocenters. The first-order chi connectivity index (χ1) is 8.99. The molecule has 2 rings (SSSR count). The molecule has 19 heavy (non-hydrogen) atoms. The average Bonchev–Trinajstić information content (AvgIpc) is 2.33. The van der Waals surface area contributed by atoms with Crippen molar-refractivity contribution < 1.29 is 10.2 Å². The molecule has 106 valence electrons. The van der Waals surface area contributed by atoms with Gasteiger partial charge in [0.05, 0.1) is 5.56 Å². The van der Waals surface area contributed by atoms with E-state index in [-0.39, 0.29) is 17.5 Å². The lowest BCUT2D eigenvalue weighted by Crippen LogP contribution is -2.37. The normalized spacial score (nSPS) is 29.1. The highest BCUT2D eigenvalue weighted by molar-refractivity contribution is 5.44. The first-order valence-electron chi connectivity index (χ1n) is 7.26. The van der Waals surface area contributed by atoms with Gasteiger partial charge in [-0.15, -0.1) is 0 Å². The molecular formula is C16H25NO2. The lowest BCUT2D eigenvalue weighted by atomic mass is 9.79. The molecular weight excluding hydrogens is 238 g/mol. The third kappa shape index (κ3) is 3.21. The average molecular weight is 263 g/mol. The summed E-state index contributed by atoms with van der Waals surface area (Å²) in [6.07, 6.45) is 3.59. The summed E-state index contributed by atoms with van der Waals surface area (Å²) in [5.74, 6) is 1.86. The second-order valence-electron chi connectivity index (χ2n) is 6.06. The topological polar surface area (TPSA) is 52.5 Å². The number of nitrogens with one attached hydrogen (secondary N) is 1. The summed E-state index contributed by atoms with van der Waals surface area (Å²) < 4.78 is 0. The fourth-order valence-electron chi connectivity index (χ4n) is 3.12. The van der Waals surface area contributed by atoms with Gasteiger partial charge in [0, 0.05) is 12.1 Å². The Morgan fingerprint density at radius 3 is 2.32 bits per heavy atom. The van der Waals surface area contributed by atoms with Gasteiger partial charge >= 0.3 is 0 Å². The molecule has 0 aliphatic heterocycles. The van der Waals surface area contributed by atoms with Crippen molar-refractivity contribution in [2.75, 3.05) is 0 Å². The fraction of sp³-hybridized carbons (Fsp3) is 0.625. The van der Waals surface area contributed by atoms with Crippen molar-refractivity contribution in [3.05, 3.63) is 23.8 Å². The lowest BCUT2D eigenvalue weighted by molar-refractivity contribution is 0.216. The van der Waals surface area contributed by atoms with Crippen molar-refractivity contribution in [2.24, 2.45) is 11.8 Å². The molecule has 0 heterocycles. The molecule has 1 aromatic rings. The molecule has 0 radical (unpaired) electrons. The van der Waals surface area contributed by atoms with Gasteiger partial charge in [-0.2, -0.15) is 0 Å². The molecule has 0 spiro atoms. The Morgan fingerprint density at radius 1 is 1.11 bits per heavy atom. The maximum Gasteiger partial charge on any atom is 0.124 e. The Morgan fingerprint density at radius 2 is 1.74 bits per heavy atom. The summed E-state index contributed by atoms with van der Waals surface area (Å²) in [4.78, 5) is 0.